The number of anilines is 1. The number of carbonyl (C=O) groups excluding carboxylic acids is 1. The minimum Gasteiger partial charge on any atom is -0.490 e. The molecule has 0 aliphatic rings. The van der Waals surface area contributed by atoms with Gasteiger partial charge in [-0.3, -0.25) is 4.79 Å². The van der Waals surface area contributed by atoms with Crippen molar-refractivity contribution in [1.29, 1.82) is 0 Å². The van der Waals surface area contributed by atoms with Gasteiger partial charge in [-0.05, 0) is 62.9 Å². The Balaban J connectivity index is 1.83. The lowest BCUT2D eigenvalue weighted by molar-refractivity contribution is -0.119. The highest BCUT2D eigenvalue weighted by Gasteiger charge is 2.08. The first-order valence-corrected chi connectivity index (χ1v) is 9.50. The largest absolute Gasteiger partial charge is 0.490 e. The zero-order chi connectivity index (χ0) is 19.6. The third-order valence-electron chi connectivity index (χ3n) is 4.25. The van der Waals surface area contributed by atoms with Crippen molar-refractivity contribution >= 4 is 11.6 Å². The highest BCUT2D eigenvalue weighted by atomic mass is 16.5. The Morgan fingerprint density at radius 3 is 2.30 bits per heavy atom. The van der Waals surface area contributed by atoms with Crippen LogP contribution in [-0.2, 0) is 11.2 Å². The molecule has 0 saturated heterocycles. The van der Waals surface area contributed by atoms with Crippen LogP contribution in [0.15, 0.2) is 36.4 Å². The van der Waals surface area contributed by atoms with Crippen LogP contribution < -0.4 is 20.1 Å². The molecule has 0 aliphatic carbocycles. The number of hydrogen-bond donors (Lipinski definition) is 2. The SMILES string of the molecule is CCOc1ccc(CCNC(=O)CNc2c(C)cccc2C)cc1OCC. The van der Waals surface area contributed by atoms with E-state index in [1.807, 2.05) is 64.1 Å². The van der Waals surface area contributed by atoms with Crippen molar-refractivity contribution < 1.29 is 14.3 Å². The monoisotopic (exact) mass is 370 g/mol. The van der Waals surface area contributed by atoms with Gasteiger partial charge in [0.05, 0.1) is 19.8 Å². The lowest BCUT2D eigenvalue weighted by atomic mass is 10.1. The quantitative estimate of drug-likeness (QED) is 0.666. The van der Waals surface area contributed by atoms with Crippen LogP contribution in [0.1, 0.15) is 30.5 Å². The lowest BCUT2D eigenvalue weighted by Gasteiger charge is -2.14. The summed E-state index contributed by atoms with van der Waals surface area (Å²) in [5, 5.41) is 6.19. The Morgan fingerprint density at radius 1 is 0.963 bits per heavy atom. The third kappa shape index (κ3) is 6.20. The van der Waals surface area contributed by atoms with Gasteiger partial charge in [0.2, 0.25) is 5.91 Å². The van der Waals surface area contributed by atoms with Crippen molar-refractivity contribution in [3.63, 3.8) is 0 Å². The van der Waals surface area contributed by atoms with Crippen molar-refractivity contribution in [2.24, 2.45) is 0 Å². The Hall–Kier alpha value is -2.69. The lowest BCUT2D eigenvalue weighted by Crippen LogP contribution is -2.31. The van der Waals surface area contributed by atoms with Crippen molar-refractivity contribution in [2.75, 3.05) is 31.6 Å². The molecule has 146 valence electrons. The second-order valence-electron chi connectivity index (χ2n) is 6.37. The molecule has 0 bridgehead atoms. The van der Waals surface area contributed by atoms with Crippen LogP contribution in [0.4, 0.5) is 5.69 Å². The van der Waals surface area contributed by atoms with Gasteiger partial charge in [-0.25, -0.2) is 0 Å². The molecule has 2 aromatic rings. The highest BCUT2D eigenvalue weighted by molar-refractivity contribution is 5.81. The Bertz CT molecular complexity index is 739. The molecule has 0 unspecified atom stereocenters. The molecule has 2 aromatic carbocycles. The van der Waals surface area contributed by atoms with Crippen LogP contribution in [0.3, 0.4) is 0 Å². The summed E-state index contributed by atoms with van der Waals surface area (Å²) in [7, 11) is 0. The molecule has 0 fully saturated rings. The van der Waals surface area contributed by atoms with Crippen LogP contribution >= 0.6 is 0 Å². The van der Waals surface area contributed by atoms with Gasteiger partial charge in [0.1, 0.15) is 0 Å². The van der Waals surface area contributed by atoms with Gasteiger partial charge in [0.15, 0.2) is 11.5 Å². The molecular formula is C22H30N2O3. The molecule has 0 heterocycles. The van der Waals surface area contributed by atoms with Crippen LogP contribution in [0.5, 0.6) is 11.5 Å². The van der Waals surface area contributed by atoms with Gasteiger partial charge >= 0.3 is 0 Å². The number of para-hydroxylation sites is 1. The fourth-order valence-electron chi connectivity index (χ4n) is 2.92. The molecule has 0 atom stereocenters. The average Bonchev–Trinajstić information content (AvgIpc) is 2.64. The maximum absolute atomic E-state index is 12.1. The molecule has 5 heteroatoms. The number of benzene rings is 2. The van der Waals surface area contributed by atoms with Gasteiger partial charge in [0, 0.05) is 12.2 Å². The maximum Gasteiger partial charge on any atom is 0.239 e. The van der Waals surface area contributed by atoms with E-state index in [0.717, 1.165) is 40.3 Å². The van der Waals surface area contributed by atoms with Crippen molar-refractivity contribution in [3.05, 3.63) is 53.1 Å². The third-order valence-corrected chi connectivity index (χ3v) is 4.25. The van der Waals surface area contributed by atoms with Crippen molar-refractivity contribution in [2.45, 2.75) is 34.1 Å². The van der Waals surface area contributed by atoms with E-state index in [4.69, 9.17) is 9.47 Å². The molecule has 0 aliphatic heterocycles. The number of rotatable bonds is 10. The van der Waals surface area contributed by atoms with E-state index in [9.17, 15) is 4.79 Å². The number of carbonyl (C=O) groups is 1. The zero-order valence-electron chi connectivity index (χ0n) is 16.7. The van der Waals surface area contributed by atoms with E-state index in [0.29, 0.717) is 19.8 Å². The minimum atomic E-state index is -0.0198. The molecule has 0 saturated carbocycles. The summed E-state index contributed by atoms with van der Waals surface area (Å²) in [6.07, 6.45) is 0.738. The summed E-state index contributed by atoms with van der Waals surface area (Å²) in [6.45, 7) is 10.0. The molecule has 2 N–H and O–H groups in total. The van der Waals surface area contributed by atoms with E-state index in [1.165, 1.54) is 0 Å². The van der Waals surface area contributed by atoms with Gasteiger partial charge in [-0.1, -0.05) is 24.3 Å². The second-order valence-corrected chi connectivity index (χ2v) is 6.37. The summed E-state index contributed by atoms with van der Waals surface area (Å²) >= 11 is 0. The molecular weight excluding hydrogens is 340 g/mol. The number of nitrogens with one attached hydrogen (secondary N) is 2. The van der Waals surface area contributed by atoms with Crippen molar-refractivity contribution in [1.82, 2.24) is 5.32 Å². The van der Waals surface area contributed by atoms with E-state index >= 15 is 0 Å². The first kappa shape index (κ1) is 20.6. The fraction of sp³-hybridized carbons (Fsp3) is 0.409. The van der Waals surface area contributed by atoms with E-state index in [-0.39, 0.29) is 12.5 Å². The molecule has 0 aromatic heterocycles. The summed E-state index contributed by atoms with van der Waals surface area (Å²) in [5.74, 6) is 1.48. The summed E-state index contributed by atoms with van der Waals surface area (Å²) in [5.41, 5.74) is 4.41. The van der Waals surface area contributed by atoms with Gasteiger partial charge in [-0.15, -0.1) is 0 Å². The topological polar surface area (TPSA) is 59.6 Å². The Morgan fingerprint density at radius 2 is 1.63 bits per heavy atom. The maximum atomic E-state index is 12.1. The molecule has 0 spiro atoms. The summed E-state index contributed by atoms with van der Waals surface area (Å²) in [6, 6.07) is 12.0. The zero-order valence-corrected chi connectivity index (χ0v) is 16.7. The van der Waals surface area contributed by atoms with Gasteiger partial charge < -0.3 is 20.1 Å². The van der Waals surface area contributed by atoms with Gasteiger partial charge in [0.25, 0.3) is 0 Å². The fourth-order valence-corrected chi connectivity index (χ4v) is 2.92. The predicted molar refractivity (Wildman–Crippen MR) is 110 cm³/mol. The van der Waals surface area contributed by atoms with Crippen LogP contribution in [-0.4, -0.2) is 32.2 Å². The molecule has 5 nitrogen and oxygen atoms in total. The van der Waals surface area contributed by atoms with Crippen LogP contribution in [0.25, 0.3) is 0 Å². The summed E-state index contributed by atoms with van der Waals surface area (Å²) in [4.78, 5) is 12.1. The number of amides is 1. The molecule has 2 rings (SSSR count). The second kappa shape index (κ2) is 10.5. The van der Waals surface area contributed by atoms with Crippen LogP contribution in [0, 0.1) is 13.8 Å². The first-order valence-electron chi connectivity index (χ1n) is 9.50. The van der Waals surface area contributed by atoms with Gasteiger partial charge in [-0.2, -0.15) is 0 Å². The normalized spacial score (nSPS) is 10.4. The highest BCUT2D eigenvalue weighted by Crippen LogP contribution is 2.28. The van der Waals surface area contributed by atoms with E-state index in [2.05, 4.69) is 10.6 Å². The van der Waals surface area contributed by atoms with Crippen LogP contribution in [0.2, 0.25) is 0 Å². The standard InChI is InChI=1S/C22H30N2O3/c1-5-26-19-11-10-18(14-20(19)27-6-2)12-13-23-21(25)15-24-22-16(3)8-7-9-17(22)4/h7-11,14,24H,5-6,12-13,15H2,1-4H3,(H,23,25). The van der Waals surface area contributed by atoms with Crippen molar-refractivity contribution in [3.8, 4) is 11.5 Å². The number of aryl methyl sites for hydroxylation is 2. The molecule has 1 amide bonds. The number of hydrogen-bond acceptors (Lipinski definition) is 4. The Kier molecular flexibility index (Phi) is 7.99. The average molecular weight is 370 g/mol. The van der Waals surface area contributed by atoms with E-state index < -0.39 is 0 Å². The Labute approximate surface area is 162 Å². The predicted octanol–water partition coefficient (Wildman–Crippen LogP) is 3.87. The van der Waals surface area contributed by atoms with E-state index in [1.54, 1.807) is 0 Å². The molecule has 27 heavy (non-hydrogen) atoms. The minimum absolute atomic E-state index is 0.0198. The first-order chi connectivity index (χ1) is 13.0. The smallest absolute Gasteiger partial charge is 0.239 e. The summed E-state index contributed by atoms with van der Waals surface area (Å²) < 4.78 is 11.2. The number of ether oxygens (including phenoxy) is 2. The molecule has 0 radical (unpaired) electrons.